The van der Waals surface area contributed by atoms with Crippen LogP contribution in [0.1, 0.15) is 19.8 Å². The third kappa shape index (κ3) is 2.99. The monoisotopic (exact) mass is 294 g/mol. The van der Waals surface area contributed by atoms with Crippen LogP contribution < -0.4 is 5.32 Å². The van der Waals surface area contributed by atoms with Crippen molar-refractivity contribution in [3.63, 3.8) is 0 Å². The average molecular weight is 294 g/mol. The van der Waals surface area contributed by atoms with Crippen molar-refractivity contribution in [3.8, 4) is 0 Å². The van der Waals surface area contributed by atoms with E-state index in [1.165, 1.54) is 0 Å². The Morgan fingerprint density at radius 1 is 1.25 bits per heavy atom. The molecule has 20 heavy (non-hydrogen) atoms. The van der Waals surface area contributed by atoms with E-state index in [0.717, 1.165) is 17.7 Å². The van der Waals surface area contributed by atoms with E-state index in [1.807, 2.05) is 6.92 Å². The maximum atomic E-state index is 12.8. The molecule has 2 fully saturated rings. The Morgan fingerprint density at radius 3 is 2.25 bits per heavy atom. The number of carbonyl (C=O) groups excluding carboxylic acids is 1. The van der Waals surface area contributed by atoms with E-state index in [-0.39, 0.29) is 6.04 Å². The first kappa shape index (κ1) is 14.9. The quantitative estimate of drug-likeness (QED) is 0.814. The molecule has 0 aromatic rings. The molecular weight excluding hydrogens is 277 g/mol. The van der Waals surface area contributed by atoms with Gasteiger partial charge in [-0.1, -0.05) is 6.92 Å². The Hall–Kier alpha value is -1.47. The fourth-order valence-corrected chi connectivity index (χ4v) is 2.84. The number of rotatable bonds is 2. The normalized spacial score (nSPS) is 33.7. The van der Waals surface area contributed by atoms with E-state index in [0.29, 0.717) is 5.92 Å². The Balaban J connectivity index is 1.97. The number of nitrogens with zero attached hydrogens (tertiary/aromatic N) is 1. The number of carboxylic acid groups (broad SMARTS) is 1. The fourth-order valence-electron chi connectivity index (χ4n) is 2.84. The maximum Gasteiger partial charge on any atom is 0.394 e. The summed E-state index contributed by atoms with van der Waals surface area (Å²) in [5.41, 5.74) is 0. The zero-order valence-electron chi connectivity index (χ0n) is 11.0. The Morgan fingerprint density at radius 2 is 1.85 bits per heavy atom. The molecule has 2 aliphatic rings. The minimum absolute atomic E-state index is 0.00860. The van der Waals surface area contributed by atoms with Gasteiger partial charge in [0.2, 0.25) is 0 Å². The highest BCUT2D eigenvalue weighted by molar-refractivity contribution is 5.78. The minimum atomic E-state index is -4.61. The smallest absolute Gasteiger partial charge is 0.394 e. The maximum absolute atomic E-state index is 12.8. The molecule has 0 aromatic carbocycles. The number of likely N-dealkylation sites (tertiary alicyclic amines) is 1. The SMILES string of the molecule is CC1CC(NC(=O)N2C[C@@H](C(F)(F)F)[C@H](C(=O)O)C2)C1. The Kier molecular flexibility index (Phi) is 3.84. The number of nitrogens with one attached hydrogen (secondary N) is 1. The van der Waals surface area contributed by atoms with E-state index in [4.69, 9.17) is 5.11 Å². The van der Waals surface area contributed by atoms with Crippen LogP contribution in [0.5, 0.6) is 0 Å². The molecule has 1 aliphatic carbocycles. The molecule has 2 atom stereocenters. The molecular formula is C12H17F3N2O3. The summed E-state index contributed by atoms with van der Waals surface area (Å²) in [4.78, 5) is 23.7. The molecule has 0 bridgehead atoms. The molecule has 8 heteroatoms. The minimum Gasteiger partial charge on any atom is -0.481 e. The van der Waals surface area contributed by atoms with Crippen molar-refractivity contribution in [3.05, 3.63) is 0 Å². The van der Waals surface area contributed by atoms with Crippen LogP contribution in [0.3, 0.4) is 0 Å². The summed E-state index contributed by atoms with van der Waals surface area (Å²) in [7, 11) is 0. The number of carbonyl (C=O) groups is 2. The summed E-state index contributed by atoms with van der Waals surface area (Å²) in [6, 6.07) is -0.606. The zero-order chi connectivity index (χ0) is 15.1. The lowest BCUT2D eigenvalue weighted by Gasteiger charge is -2.34. The van der Waals surface area contributed by atoms with Crippen LogP contribution in [0.2, 0.25) is 0 Å². The van der Waals surface area contributed by atoms with Crippen molar-refractivity contribution >= 4 is 12.0 Å². The number of urea groups is 1. The molecule has 2 amide bonds. The van der Waals surface area contributed by atoms with E-state index < -0.39 is 43.1 Å². The highest BCUT2D eigenvalue weighted by Gasteiger charge is 2.53. The first-order chi connectivity index (χ1) is 9.18. The summed E-state index contributed by atoms with van der Waals surface area (Å²) in [5.74, 6) is -4.58. The third-order valence-corrected chi connectivity index (χ3v) is 4.05. The predicted octanol–water partition coefficient (Wildman–Crippen LogP) is 1.69. The number of alkyl halides is 3. The Labute approximate surface area is 114 Å². The summed E-state index contributed by atoms with van der Waals surface area (Å²) in [6.45, 7) is 1.04. The van der Waals surface area contributed by atoms with Gasteiger partial charge in [-0.2, -0.15) is 13.2 Å². The van der Waals surface area contributed by atoms with Gasteiger partial charge in [-0.15, -0.1) is 0 Å². The lowest BCUT2D eigenvalue weighted by atomic mass is 9.82. The van der Waals surface area contributed by atoms with Crippen molar-refractivity contribution in [1.29, 1.82) is 0 Å². The number of carboxylic acids is 1. The molecule has 5 nitrogen and oxygen atoms in total. The second kappa shape index (κ2) is 5.14. The van der Waals surface area contributed by atoms with Crippen LogP contribution in [-0.4, -0.2) is 47.3 Å². The van der Waals surface area contributed by atoms with Crippen molar-refractivity contribution in [2.45, 2.75) is 32.0 Å². The van der Waals surface area contributed by atoms with Crippen LogP contribution in [0.25, 0.3) is 0 Å². The summed E-state index contributed by atoms with van der Waals surface area (Å²) >= 11 is 0. The van der Waals surface area contributed by atoms with Gasteiger partial charge in [-0.3, -0.25) is 4.79 Å². The van der Waals surface area contributed by atoms with Gasteiger partial charge < -0.3 is 15.3 Å². The first-order valence-corrected chi connectivity index (χ1v) is 6.53. The molecule has 1 aliphatic heterocycles. The average Bonchev–Trinajstić information content (AvgIpc) is 2.71. The van der Waals surface area contributed by atoms with Gasteiger partial charge in [0, 0.05) is 19.1 Å². The Bertz CT molecular complexity index is 407. The highest BCUT2D eigenvalue weighted by Crippen LogP contribution is 2.38. The van der Waals surface area contributed by atoms with Gasteiger partial charge in [0.25, 0.3) is 0 Å². The lowest BCUT2D eigenvalue weighted by molar-refractivity contribution is -0.187. The lowest BCUT2D eigenvalue weighted by Crippen LogP contribution is -2.49. The van der Waals surface area contributed by atoms with Crippen LogP contribution in [-0.2, 0) is 4.79 Å². The van der Waals surface area contributed by atoms with Gasteiger partial charge in [0.1, 0.15) is 0 Å². The number of halogens is 3. The number of hydrogen-bond acceptors (Lipinski definition) is 2. The van der Waals surface area contributed by atoms with Crippen LogP contribution >= 0.6 is 0 Å². The van der Waals surface area contributed by atoms with E-state index >= 15 is 0 Å². The topological polar surface area (TPSA) is 69.6 Å². The third-order valence-electron chi connectivity index (χ3n) is 4.05. The molecule has 1 saturated heterocycles. The molecule has 2 rings (SSSR count). The molecule has 2 N–H and O–H groups in total. The van der Waals surface area contributed by atoms with Crippen molar-refractivity contribution in [2.75, 3.05) is 13.1 Å². The van der Waals surface area contributed by atoms with Gasteiger partial charge in [-0.25, -0.2) is 4.79 Å². The summed E-state index contributed by atoms with van der Waals surface area (Å²) < 4.78 is 38.3. The standard InChI is InChI=1S/C12H17F3N2O3/c1-6-2-7(3-6)16-11(20)17-4-8(10(18)19)9(5-17)12(13,14)15/h6-9H,2-5H2,1H3,(H,16,20)(H,18,19)/t6?,7?,8-,9-/m1/s1. The van der Waals surface area contributed by atoms with E-state index in [1.54, 1.807) is 0 Å². The van der Waals surface area contributed by atoms with Crippen LogP contribution in [0.4, 0.5) is 18.0 Å². The molecule has 0 spiro atoms. The highest BCUT2D eigenvalue weighted by atomic mass is 19.4. The van der Waals surface area contributed by atoms with Crippen molar-refractivity contribution < 1.29 is 27.9 Å². The van der Waals surface area contributed by atoms with E-state index in [9.17, 15) is 22.8 Å². The van der Waals surface area contributed by atoms with E-state index in [2.05, 4.69) is 5.32 Å². The molecule has 0 aromatic heterocycles. The zero-order valence-corrected chi connectivity index (χ0v) is 11.0. The number of hydrogen-bond donors (Lipinski definition) is 2. The second-order valence-electron chi connectivity index (χ2n) is 5.72. The second-order valence-corrected chi connectivity index (χ2v) is 5.72. The molecule has 1 saturated carbocycles. The molecule has 114 valence electrons. The van der Waals surface area contributed by atoms with Crippen molar-refractivity contribution in [2.24, 2.45) is 17.8 Å². The first-order valence-electron chi connectivity index (χ1n) is 6.53. The van der Waals surface area contributed by atoms with Crippen LogP contribution in [0, 0.1) is 17.8 Å². The van der Waals surface area contributed by atoms with Gasteiger partial charge in [-0.05, 0) is 18.8 Å². The van der Waals surface area contributed by atoms with Gasteiger partial charge in [0.15, 0.2) is 0 Å². The fraction of sp³-hybridized carbons (Fsp3) is 0.833. The predicted molar refractivity (Wildman–Crippen MR) is 63.0 cm³/mol. The van der Waals surface area contributed by atoms with Crippen molar-refractivity contribution in [1.82, 2.24) is 10.2 Å². The van der Waals surface area contributed by atoms with Gasteiger partial charge >= 0.3 is 18.2 Å². The largest absolute Gasteiger partial charge is 0.481 e. The summed E-state index contributed by atoms with van der Waals surface area (Å²) in [6.07, 6.45) is -2.99. The van der Waals surface area contributed by atoms with Crippen LogP contribution in [0.15, 0.2) is 0 Å². The summed E-state index contributed by atoms with van der Waals surface area (Å²) in [5, 5.41) is 11.5. The van der Waals surface area contributed by atoms with Gasteiger partial charge in [0.05, 0.1) is 11.8 Å². The number of amides is 2. The number of aliphatic carboxylic acids is 1. The molecule has 1 heterocycles. The molecule has 0 unspecified atom stereocenters. The molecule has 0 radical (unpaired) electrons.